The summed E-state index contributed by atoms with van der Waals surface area (Å²) < 4.78 is 32.6. The van der Waals surface area contributed by atoms with Crippen molar-refractivity contribution < 1.29 is 17.7 Å². The fraction of sp³-hybridized carbons (Fsp3) is 0.474. The number of nitrogens with zero attached hydrogens (tertiary/aromatic N) is 3. The number of sulfonamides is 1. The first-order chi connectivity index (χ1) is 13.5. The lowest BCUT2D eigenvalue weighted by Crippen LogP contribution is -2.48. The van der Waals surface area contributed by atoms with Crippen molar-refractivity contribution in [3.05, 3.63) is 41.8 Å². The van der Waals surface area contributed by atoms with E-state index < -0.39 is 15.9 Å². The van der Waals surface area contributed by atoms with Crippen LogP contribution in [0.15, 0.2) is 39.8 Å². The molecule has 4 rings (SSSR count). The maximum atomic E-state index is 12.9. The normalized spacial score (nSPS) is 18.9. The Morgan fingerprint density at radius 1 is 1.21 bits per heavy atom. The van der Waals surface area contributed by atoms with Crippen molar-refractivity contribution in [3.8, 4) is 0 Å². The minimum Gasteiger partial charge on any atom is -0.360 e. The number of anilines is 1. The van der Waals surface area contributed by atoms with E-state index in [2.05, 4.69) is 22.3 Å². The fourth-order valence-corrected chi connectivity index (χ4v) is 4.79. The molecule has 9 heteroatoms. The molecule has 0 spiro atoms. The van der Waals surface area contributed by atoms with E-state index in [0.717, 1.165) is 38.2 Å². The number of nitrogens with one attached hydrogen (secondary N) is 1. The predicted octanol–water partition coefficient (Wildman–Crippen LogP) is 2.13. The zero-order valence-electron chi connectivity index (χ0n) is 15.8. The molecule has 1 aromatic carbocycles. The predicted molar refractivity (Wildman–Crippen MR) is 104 cm³/mol. The van der Waals surface area contributed by atoms with Crippen molar-refractivity contribution in [1.82, 2.24) is 14.4 Å². The highest BCUT2D eigenvalue weighted by atomic mass is 32.2. The molecule has 1 aromatic heterocycles. The number of hydrogen-bond donors (Lipinski definition) is 1. The second-order valence-electron chi connectivity index (χ2n) is 7.21. The second-order valence-corrected chi connectivity index (χ2v) is 9.15. The number of rotatable bonds is 6. The zero-order valence-corrected chi connectivity index (χ0v) is 16.6. The zero-order chi connectivity index (χ0) is 19.7. The molecule has 1 amide bonds. The van der Waals surface area contributed by atoms with E-state index in [9.17, 15) is 13.2 Å². The van der Waals surface area contributed by atoms with Gasteiger partial charge in [0.15, 0.2) is 5.69 Å². The largest absolute Gasteiger partial charge is 0.360 e. The number of amides is 1. The molecule has 0 bridgehead atoms. The van der Waals surface area contributed by atoms with Crippen LogP contribution < -0.4 is 5.32 Å². The van der Waals surface area contributed by atoms with Crippen LogP contribution in [0.2, 0.25) is 0 Å². The molecule has 28 heavy (non-hydrogen) atoms. The summed E-state index contributed by atoms with van der Waals surface area (Å²) in [6.07, 6.45) is 2.12. The summed E-state index contributed by atoms with van der Waals surface area (Å²) in [6, 6.07) is 7.98. The van der Waals surface area contributed by atoms with E-state index in [1.807, 2.05) is 0 Å². The Bertz CT molecular complexity index is 960. The van der Waals surface area contributed by atoms with Crippen LogP contribution in [-0.2, 0) is 10.0 Å². The van der Waals surface area contributed by atoms with E-state index in [1.165, 1.54) is 10.4 Å². The minimum atomic E-state index is -3.59. The number of carbonyl (C=O) groups excluding carboxylic acids is 1. The number of likely N-dealkylation sites (N-methyl/N-ethyl adjacent to an activating group) is 1. The summed E-state index contributed by atoms with van der Waals surface area (Å²) in [4.78, 5) is 14.8. The summed E-state index contributed by atoms with van der Waals surface area (Å²) in [5.41, 5.74) is 0.611. The third-order valence-electron chi connectivity index (χ3n) is 5.25. The molecule has 2 fully saturated rings. The summed E-state index contributed by atoms with van der Waals surface area (Å²) in [6.45, 7) is 5.37. The van der Waals surface area contributed by atoms with Gasteiger partial charge in [0.05, 0.1) is 4.90 Å². The van der Waals surface area contributed by atoms with Crippen LogP contribution in [0.1, 0.15) is 41.9 Å². The molecule has 8 nitrogen and oxygen atoms in total. The van der Waals surface area contributed by atoms with Crippen molar-refractivity contribution in [3.63, 3.8) is 0 Å². The average molecular weight is 404 g/mol. The highest BCUT2D eigenvalue weighted by Crippen LogP contribution is 2.40. The molecule has 1 N–H and O–H groups in total. The Kier molecular flexibility index (Phi) is 5.22. The molecule has 1 aliphatic heterocycles. The maximum Gasteiger partial charge on any atom is 0.277 e. The van der Waals surface area contributed by atoms with Gasteiger partial charge in [0.2, 0.25) is 10.0 Å². The van der Waals surface area contributed by atoms with Crippen LogP contribution in [0.4, 0.5) is 5.69 Å². The smallest absolute Gasteiger partial charge is 0.277 e. The lowest BCUT2D eigenvalue weighted by atomic mass is 10.2. The van der Waals surface area contributed by atoms with Crippen molar-refractivity contribution >= 4 is 21.6 Å². The van der Waals surface area contributed by atoms with Gasteiger partial charge in [0.1, 0.15) is 5.76 Å². The Balaban J connectivity index is 1.46. The minimum absolute atomic E-state index is 0.175. The molecule has 2 aliphatic rings. The Labute approximate surface area is 164 Å². The van der Waals surface area contributed by atoms with Gasteiger partial charge < -0.3 is 14.7 Å². The Morgan fingerprint density at radius 3 is 2.64 bits per heavy atom. The summed E-state index contributed by atoms with van der Waals surface area (Å²) in [7, 11) is -3.59. The van der Waals surface area contributed by atoms with Gasteiger partial charge in [0, 0.05) is 43.9 Å². The molecule has 1 aliphatic carbocycles. The molecule has 0 atom stereocenters. The standard InChI is InChI=1S/C19H24N4O4S/c1-2-22-8-10-23(11-9-22)28(25,26)16-5-3-4-15(12-16)20-19(24)17-13-18(27-21-17)14-6-7-14/h3-5,12-14H,2,6-11H2,1H3,(H,20,24). The van der Waals surface area contributed by atoms with E-state index in [0.29, 0.717) is 24.7 Å². The van der Waals surface area contributed by atoms with Gasteiger partial charge in [-0.3, -0.25) is 4.79 Å². The van der Waals surface area contributed by atoms with Crippen molar-refractivity contribution in [2.24, 2.45) is 0 Å². The van der Waals surface area contributed by atoms with Gasteiger partial charge in [-0.15, -0.1) is 0 Å². The lowest BCUT2D eigenvalue weighted by Gasteiger charge is -2.33. The monoisotopic (exact) mass is 404 g/mol. The van der Waals surface area contributed by atoms with Gasteiger partial charge >= 0.3 is 0 Å². The Hall–Kier alpha value is -2.23. The summed E-state index contributed by atoms with van der Waals surface area (Å²) >= 11 is 0. The van der Waals surface area contributed by atoms with Crippen LogP contribution >= 0.6 is 0 Å². The van der Waals surface area contributed by atoms with Crippen molar-refractivity contribution in [1.29, 1.82) is 0 Å². The number of carbonyl (C=O) groups is 1. The number of hydrogen-bond acceptors (Lipinski definition) is 6. The second kappa shape index (κ2) is 7.65. The van der Waals surface area contributed by atoms with E-state index in [1.54, 1.807) is 24.3 Å². The molecule has 2 aromatic rings. The van der Waals surface area contributed by atoms with Crippen LogP contribution in [0.25, 0.3) is 0 Å². The van der Waals surface area contributed by atoms with E-state index in [4.69, 9.17) is 4.52 Å². The highest BCUT2D eigenvalue weighted by Gasteiger charge is 2.30. The lowest BCUT2D eigenvalue weighted by molar-refractivity contribution is 0.101. The van der Waals surface area contributed by atoms with Crippen molar-refractivity contribution in [2.45, 2.75) is 30.6 Å². The van der Waals surface area contributed by atoms with Gasteiger partial charge in [-0.25, -0.2) is 8.42 Å². The molecular formula is C19H24N4O4S. The van der Waals surface area contributed by atoms with E-state index >= 15 is 0 Å². The Morgan fingerprint density at radius 2 is 1.96 bits per heavy atom. The number of piperazine rings is 1. The number of benzene rings is 1. The maximum absolute atomic E-state index is 12.9. The molecule has 0 radical (unpaired) electrons. The molecule has 0 unspecified atom stereocenters. The molecule has 2 heterocycles. The van der Waals surface area contributed by atoms with E-state index in [-0.39, 0.29) is 10.6 Å². The van der Waals surface area contributed by atoms with Crippen molar-refractivity contribution in [2.75, 3.05) is 38.0 Å². The highest BCUT2D eigenvalue weighted by molar-refractivity contribution is 7.89. The first-order valence-electron chi connectivity index (χ1n) is 9.58. The quantitative estimate of drug-likeness (QED) is 0.792. The molecule has 1 saturated carbocycles. The van der Waals surface area contributed by atoms with Gasteiger partial charge in [-0.05, 0) is 37.6 Å². The SMILES string of the molecule is CCN1CCN(S(=O)(=O)c2cccc(NC(=O)c3cc(C4CC4)on3)c2)CC1. The molecular weight excluding hydrogens is 380 g/mol. The molecule has 1 saturated heterocycles. The first-order valence-corrected chi connectivity index (χ1v) is 11.0. The third kappa shape index (κ3) is 3.96. The van der Waals surface area contributed by atoms with Gasteiger partial charge in [-0.2, -0.15) is 4.31 Å². The topological polar surface area (TPSA) is 95.8 Å². The van der Waals surface area contributed by atoms with Crippen LogP contribution in [0.5, 0.6) is 0 Å². The summed E-state index contributed by atoms with van der Waals surface area (Å²) in [5, 5.41) is 6.52. The average Bonchev–Trinajstić information content (AvgIpc) is 3.44. The molecule has 150 valence electrons. The van der Waals surface area contributed by atoms with Crippen LogP contribution in [0.3, 0.4) is 0 Å². The third-order valence-corrected chi connectivity index (χ3v) is 7.14. The number of aromatic nitrogens is 1. The first kappa shape index (κ1) is 19.1. The van der Waals surface area contributed by atoms with Gasteiger partial charge in [-0.1, -0.05) is 18.1 Å². The fourth-order valence-electron chi connectivity index (χ4n) is 3.32. The summed E-state index contributed by atoms with van der Waals surface area (Å²) in [5.74, 6) is 0.685. The van der Waals surface area contributed by atoms with Crippen LogP contribution in [-0.4, -0.2) is 61.4 Å². The van der Waals surface area contributed by atoms with Crippen LogP contribution in [0, 0.1) is 0 Å². The van der Waals surface area contributed by atoms with Gasteiger partial charge in [0.25, 0.3) is 5.91 Å².